The molecule has 0 bridgehead atoms. The molecule has 0 aromatic heterocycles. The smallest absolute Gasteiger partial charge is 0.338 e. The van der Waals surface area contributed by atoms with Crippen molar-refractivity contribution in [3.8, 4) is 5.75 Å². The molecule has 0 saturated carbocycles. The molecule has 142 valence electrons. The average Bonchev–Trinajstić information content (AvgIpc) is 2.66. The van der Waals surface area contributed by atoms with E-state index in [-0.39, 0.29) is 5.91 Å². The first-order valence-corrected chi connectivity index (χ1v) is 9.22. The molecule has 0 radical (unpaired) electrons. The van der Waals surface area contributed by atoms with Gasteiger partial charge in [0.25, 0.3) is 5.91 Å². The Bertz CT molecular complexity index is 836. The highest BCUT2D eigenvalue weighted by molar-refractivity contribution is 7.98. The highest BCUT2D eigenvalue weighted by Crippen LogP contribution is 2.27. The van der Waals surface area contributed by atoms with Gasteiger partial charge in [-0.15, -0.1) is 11.8 Å². The highest BCUT2D eigenvalue weighted by Gasteiger charge is 2.13. The summed E-state index contributed by atoms with van der Waals surface area (Å²) in [7, 11) is 1.46. The van der Waals surface area contributed by atoms with E-state index < -0.39 is 18.5 Å². The van der Waals surface area contributed by atoms with Crippen LogP contribution >= 0.6 is 11.8 Å². The van der Waals surface area contributed by atoms with Crippen molar-refractivity contribution < 1.29 is 23.9 Å². The van der Waals surface area contributed by atoms with E-state index in [1.807, 2.05) is 6.26 Å². The Labute approximate surface area is 161 Å². The number of benzene rings is 2. The quantitative estimate of drug-likeness (QED) is 0.559. The summed E-state index contributed by atoms with van der Waals surface area (Å²) in [6.45, 7) is 0.935. The van der Waals surface area contributed by atoms with Crippen molar-refractivity contribution in [2.45, 2.75) is 11.8 Å². The summed E-state index contributed by atoms with van der Waals surface area (Å²) >= 11 is 1.56. The fraction of sp³-hybridized carbons (Fsp3) is 0.211. The Morgan fingerprint density at radius 2 is 1.74 bits per heavy atom. The molecule has 0 atom stereocenters. The summed E-state index contributed by atoms with van der Waals surface area (Å²) in [4.78, 5) is 36.3. The van der Waals surface area contributed by atoms with Crippen LogP contribution in [0.5, 0.6) is 5.75 Å². The molecule has 2 aromatic rings. The second-order valence-electron chi connectivity index (χ2n) is 5.45. The third-order valence-electron chi connectivity index (χ3n) is 3.45. The van der Waals surface area contributed by atoms with E-state index in [0.717, 1.165) is 4.90 Å². The predicted molar refractivity (Wildman–Crippen MR) is 104 cm³/mol. The van der Waals surface area contributed by atoms with Gasteiger partial charge < -0.3 is 20.1 Å². The molecule has 2 amide bonds. The van der Waals surface area contributed by atoms with E-state index in [4.69, 9.17) is 9.47 Å². The Kier molecular flexibility index (Phi) is 7.25. The Morgan fingerprint density at radius 3 is 2.33 bits per heavy atom. The number of thioether (sulfide) groups is 1. The van der Waals surface area contributed by atoms with Crippen LogP contribution in [0.25, 0.3) is 0 Å². The Morgan fingerprint density at radius 1 is 1.04 bits per heavy atom. The van der Waals surface area contributed by atoms with Crippen LogP contribution in [0, 0.1) is 0 Å². The minimum absolute atomic E-state index is 0.237. The molecule has 2 aromatic carbocycles. The number of hydrogen-bond donors (Lipinski definition) is 2. The van der Waals surface area contributed by atoms with E-state index >= 15 is 0 Å². The molecular formula is C19H20N2O5S. The van der Waals surface area contributed by atoms with Gasteiger partial charge in [0.1, 0.15) is 5.75 Å². The van der Waals surface area contributed by atoms with Crippen LogP contribution in [-0.4, -0.2) is 37.8 Å². The maximum Gasteiger partial charge on any atom is 0.338 e. The fourth-order valence-electron chi connectivity index (χ4n) is 2.21. The lowest BCUT2D eigenvalue weighted by Crippen LogP contribution is -2.21. The number of anilines is 2. The van der Waals surface area contributed by atoms with Gasteiger partial charge in [0.05, 0.1) is 18.4 Å². The lowest BCUT2D eigenvalue weighted by atomic mass is 10.2. The van der Waals surface area contributed by atoms with Crippen LogP contribution in [0.15, 0.2) is 47.4 Å². The van der Waals surface area contributed by atoms with Crippen LogP contribution < -0.4 is 15.4 Å². The summed E-state index contributed by atoms with van der Waals surface area (Å²) < 4.78 is 10.2. The minimum Gasteiger partial charge on any atom is -0.495 e. The van der Waals surface area contributed by atoms with Crippen molar-refractivity contribution in [2.24, 2.45) is 0 Å². The Hall–Kier alpha value is -3.00. The molecular weight excluding hydrogens is 368 g/mol. The number of rotatable bonds is 7. The number of esters is 1. The minimum atomic E-state index is -0.586. The van der Waals surface area contributed by atoms with Gasteiger partial charge in [0.15, 0.2) is 6.61 Å². The first-order valence-electron chi connectivity index (χ1n) is 7.99. The summed E-state index contributed by atoms with van der Waals surface area (Å²) in [5, 5.41) is 5.22. The molecule has 0 spiro atoms. The second-order valence-corrected chi connectivity index (χ2v) is 6.33. The lowest BCUT2D eigenvalue weighted by molar-refractivity contribution is -0.119. The molecule has 8 heteroatoms. The fourth-order valence-corrected chi connectivity index (χ4v) is 2.62. The first kappa shape index (κ1) is 20.3. The molecule has 27 heavy (non-hydrogen) atoms. The van der Waals surface area contributed by atoms with Crippen LogP contribution in [0.2, 0.25) is 0 Å². The molecule has 0 aliphatic rings. The first-order chi connectivity index (χ1) is 12.9. The van der Waals surface area contributed by atoms with Crippen molar-refractivity contribution in [1.82, 2.24) is 0 Å². The van der Waals surface area contributed by atoms with Gasteiger partial charge in [0, 0.05) is 17.5 Å². The maximum absolute atomic E-state index is 12.1. The largest absolute Gasteiger partial charge is 0.495 e. The van der Waals surface area contributed by atoms with Crippen molar-refractivity contribution >= 4 is 40.9 Å². The van der Waals surface area contributed by atoms with Gasteiger partial charge in [-0.05, 0) is 48.7 Å². The van der Waals surface area contributed by atoms with E-state index in [1.54, 1.807) is 54.2 Å². The van der Waals surface area contributed by atoms with E-state index in [9.17, 15) is 14.4 Å². The van der Waals surface area contributed by atoms with Crippen LogP contribution in [-0.2, 0) is 14.3 Å². The third-order valence-corrected chi connectivity index (χ3v) is 4.20. The molecule has 0 saturated heterocycles. The van der Waals surface area contributed by atoms with E-state index in [0.29, 0.717) is 22.7 Å². The number of carbonyl (C=O) groups is 3. The lowest BCUT2D eigenvalue weighted by Gasteiger charge is -2.12. The van der Waals surface area contributed by atoms with Crippen LogP contribution in [0.3, 0.4) is 0 Å². The van der Waals surface area contributed by atoms with Gasteiger partial charge >= 0.3 is 5.97 Å². The van der Waals surface area contributed by atoms with Crippen molar-refractivity contribution in [1.29, 1.82) is 0 Å². The van der Waals surface area contributed by atoms with E-state index in [1.165, 1.54) is 14.0 Å². The average molecular weight is 388 g/mol. The molecule has 0 aliphatic heterocycles. The standard InChI is InChI=1S/C19H20N2O5S/c1-12(22)20-14-6-9-17(25-2)16(10-14)21-18(23)11-26-19(24)13-4-7-15(27-3)8-5-13/h4-10H,11H2,1-3H3,(H,20,22)(H,21,23). The molecule has 0 fully saturated rings. The van der Waals surface area contributed by atoms with Crippen molar-refractivity contribution in [2.75, 3.05) is 30.6 Å². The summed E-state index contributed by atoms with van der Waals surface area (Å²) in [5.74, 6) is -0.936. The number of ether oxygens (including phenoxy) is 2. The molecule has 2 rings (SSSR count). The molecule has 0 unspecified atom stereocenters. The third kappa shape index (κ3) is 6.03. The zero-order valence-corrected chi connectivity index (χ0v) is 16.0. The van der Waals surface area contributed by atoms with Gasteiger partial charge in [-0.3, -0.25) is 9.59 Å². The number of amides is 2. The number of nitrogens with one attached hydrogen (secondary N) is 2. The van der Waals surface area contributed by atoms with Crippen LogP contribution in [0.1, 0.15) is 17.3 Å². The van der Waals surface area contributed by atoms with Gasteiger partial charge in [-0.1, -0.05) is 0 Å². The summed E-state index contributed by atoms with van der Waals surface area (Å²) in [5.41, 5.74) is 1.23. The Balaban J connectivity index is 1.98. The van der Waals surface area contributed by atoms with Gasteiger partial charge in [-0.2, -0.15) is 0 Å². The molecule has 7 nitrogen and oxygen atoms in total. The van der Waals surface area contributed by atoms with Crippen LogP contribution in [0.4, 0.5) is 11.4 Å². The number of carbonyl (C=O) groups excluding carboxylic acids is 3. The number of methoxy groups -OCH3 is 1. The molecule has 0 heterocycles. The summed E-state index contributed by atoms with van der Waals surface area (Å²) in [6, 6.07) is 11.7. The zero-order valence-electron chi connectivity index (χ0n) is 15.2. The molecule has 2 N–H and O–H groups in total. The predicted octanol–water partition coefficient (Wildman–Crippen LogP) is 3.17. The zero-order chi connectivity index (χ0) is 19.8. The topological polar surface area (TPSA) is 93.7 Å². The van der Waals surface area contributed by atoms with Crippen molar-refractivity contribution in [3.63, 3.8) is 0 Å². The van der Waals surface area contributed by atoms with Gasteiger partial charge in [0.2, 0.25) is 5.91 Å². The summed E-state index contributed by atoms with van der Waals surface area (Å²) in [6.07, 6.45) is 1.94. The molecule has 0 aliphatic carbocycles. The highest BCUT2D eigenvalue weighted by atomic mass is 32.2. The maximum atomic E-state index is 12.1. The SMILES string of the molecule is COc1ccc(NC(C)=O)cc1NC(=O)COC(=O)c1ccc(SC)cc1. The van der Waals surface area contributed by atoms with E-state index in [2.05, 4.69) is 10.6 Å². The number of hydrogen-bond acceptors (Lipinski definition) is 6. The normalized spacial score (nSPS) is 10.0. The monoisotopic (exact) mass is 388 g/mol. The van der Waals surface area contributed by atoms with Gasteiger partial charge in [-0.25, -0.2) is 4.79 Å². The van der Waals surface area contributed by atoms with Crippen molar-refractivity contribution in [3.05, 3.63) is 48.0 Å². The second kappa shape index (κ2) is 9.63.